The average molecular weight is 419 g/mol. The van der Waals surface area contributed by atoms with Gasteiger partial charge in [0.15, 0.2) is 15.0 Å². The lowest BCUT2D eigenvalue weighted by atomic mass is 10.1. The predicted octanol–water partition coefficient (Wildman–Crippen LogP) is 2.85. The van der Waals surface area contributed by atoms with Gasteiger partial charge in [-0.3, -0.25) is 4.99 Å². The fourth-order valence-corrected chi connectivity index (χ4v) is 6.33. The molecule has 0 N–H and O–H groups in total. The van der Waals surface area contributed by atoms with Gasteiger partial charge in [-0.15, -0.1) is 0 Å². The molecule has 1 saturated heterocycles. The van der Waals surface area contributed by atoms with Crippen LogP contribution in [0, 0.1) is 0 Å². The molecular weight excluding hydrogens is 396 g/mol. The van der Waals surface area contributed by atoms with Crippen LogP contribution in [0.15, 0.2) is 59.6 Å². The Hall–Kier alpha value is -2.19. The number of ether oxygens (including phenoxy) is 2. The van der Waals surface area contributed by atoms with Gasteiger partial charge in [0.05, 0.1) is 43.0 Å². The van der Waals surface area contributed by atoms with Gasteiger partial charge in [-0.25, -0.2) is 8.42 Å². The lowest BCUT2D eigenvalue weighted by Crippen LogP contribution is -2.39. The highest BCUT2D eigenvalue weighted by atomic mass is 32.2. The zero-order valence-electron chi connectivity index (χ0n) is 15.5. The summed E-state index contributed by atoms with van der Waals surface area (Å²) >= 11 is 1.58. The summed E-state index contributed by atoms with van der Waals surface area (Å²) in [4.78, 5) is 6.77. The number of anilines is 1. The van der Waals surface area contributed by atoms with E-state index in [1.165, 1.54) is 0 Å². The molecule has 2 heterocycles. The zero-order valence-corrected chi connectivity index (χ0v) is 17.2. The van der Waals surface area contributed by atoms with E-state index in [4.69, 9.17) is 14.5 Å². The first-order chi connectivity index (χ1) is 13.6. The Morgan fingerprint density at radius 1 is 1.11 bits per heavy atom. The predicted molar refractivity (Wildman–Crippen MR) is 114 cm³/mol. The highest BCUT2D eigenvalue weighted by Gasteiger charge is 2.47. The maximum atomic E-state index is 12.1. The van der Waals surface area contributed by atoms with Crippen LogP contribution in [0.3, 0.4) is 0 Å². The number of methoxy groups -OCH3 is 1. The van der Waals surface area contributed by atoms with Crippen LogP contribution < -0.4 is 14.4 Å². The number of aliphatic imine (C=N–C) groups is 1. The van der Waals surface area contributed by atoms with Crippen molar-refractivity contribution in [1.29, 1.82) is 0 Å². The Morgan fingerprint density at radius 3 is 2.64 bits per heavy atom. The number of fused-ring (bicyclic) bond motifs is 1. The monoisotopic (exact) mass is 418 g/mol. The van der Waals surface area contributed by atoms with Crippen molar-refractivity contribution < 1.29 is 17.9 Å². The van der Waals surface area contributed by atoms with Gasteiger partial charge in [-0.05, 0) is 24.3 Å². The number of hydrogen-bond donors (Lipinski definition) is 0. The fourth-order valence-electron chi connectivity index (χ4n) is 3.55. The molecule has 0 spiro atoms. The van der Waals surface area contributed by atoms with Crippen LogP contribution in [0.5, 0.6) is 11.5 Å². The van der Waals surface area contributed by atoms with Crippen molar-refractivity contribution in [3.05, 3.63) is 54.6 Å². The zero-order chi connectivity index (χ0) is 19.6. The second-order valence-electron chi connectivity index (χ2n) is 6.68. The summed E-state index contributed by atoms with van der Waals surface area (Å²) in [6, 6.07) is 16.9. The highest BCUT2D eigenvalue weighted by molar-refractivity contribution is 8.14. The Kier molecular flexibility index (Phi) is 5.50. The third-order valence-electron chi connectivity index (χ3n) is 4.78. The summed E-state index contributed by atoms with van der Waals surface area (Å²) in [5, 5.41) is 0.825. The third-order valence-corrected chi connectivity index (χ3v) is 7.41. The van der Waals surface area contributed by atoms with E-state index in [-0.39, 0.29) is 23.6 Å². The van der Waals surface area contributed by atoms with Gasteiger partial charge < -0.3 is 14.4 Å². The van der Waals surface area contributed by atoms with Crippen molar-refractivity contribution in [2.75, 3.05) is 35.9 Å². The van der Waals surface area contributed by atoms with Crippen LogP contribution in [0.4, 0.5) is 5.69 Å². The number of nitrogens with zero attached hydrogens (tertiary/aromatic N) is 2. The van der Waals surface area contributed by atoms with Gasteiger partial charge in [-0.1, -0.05) is 42.1 Å². The number of amidine groups is 1. The van der Waals surface area contributed by atoms with Crippen LogP contribution in [0.2, 0.25) is 0 Å². The van der Waals surface area contributed by atoms with Crippen molar-refractivity contribution in [3.63, 3.8) is 0 Å². The average Bonchev–Trinajstić information content (AvgIpc) is 3.17. The Balaban J connectivity index is 1.51. The van der Waals surface area contributed by atoms with Gasteiger partial charge >= 0.3 is 0 Å². The molecule has 6 nitrogen and oxygen atoms in total. The molecule has 2 atom stereocenters. The first kappa shape index (κ1) is 19.1. The van der Waals surface area contributed by atoms with Crippen LogP contribution in [0.25, 0.3) is 0 Å². The summed E-state index contributed by atoms with van der Waals surface area (Å²) in [5.74, 6) is 2.48. The van der Waals surface area contributed by atoms with E-state index in [1.807, 2.05) is 59.5 Å². The number of thioether (sulfide) groups is 1. The lowest BCUT2D eigenvalue weighted by Gasteiger charge is -2.27. The number of sulfone groups is 1. The molecule has 0 aromatic heterocycles. The van der Waals surface area contributed by atoms with Gasteiger partial charge in [0.1, 0.15) is 11.5 Å². The summed E-state index contributed by atoms with van der Waals surface area (Å²) < 4.78 is 35.6. The first-order valence-electron chi connectivity index (χ1n) is 9.08. The molecule has 0 radical (unpaired) electrons. The number of hydrogen-bond acceptors (Lipinski definition) is 7. The molecule has 148 valence electrons. The second-order valence-corrected chi connectivity index (χ2v) is 9.89. The van der Waals surface area contributed by atoms with Gasteiger partial charge in [0, 0.05) is 5.75 Å². The quantitative estimate of drug-likeness (QED) is 0.672. The number of para-hydroxylation sites is 3. The maximum Gasteiger partial charge on any atom is 0.164 e. The molecule has 0 amide bonds. The van der Waals surface area contributed by atoms with Gasteiger partial charge in [0.2, 0.25) is 0 Å². The summed E-state index contributed by atoms with van der Waals surface area (Å²) in [6.07, 6.45) is 0. The Morgan fingerprint density at radius 2 is 1.86 bits per heavy atom. The molecule has 2 aliphatic rings. The molecule has 2 aliphatic heterocycles. The normalized spacial score (nSPS) is 22.6. The molecule has 4 rings (SSSR count). The number of benzene rings is 2. The van der Waals surface area contributed by atoms with E-state index < -0.39 is 9.84 Å². The Bertz CT molecular complexity index is 963. The minimum atomic E-state index is -3.07. The van der Waals surface area contributed by atoms with Crippen LogP contribution in [-0.4, -0.2) is 56.6 Å². The van der Waals surface area contributed by atoms with Crippen molar-refractivity contribution >= 4 is 32.5 Å². The smallest absolute Gasteiger partial charge is 0.164 e. The highest BCUT2D eigenvalue weighted by Crippen LogP contribution is 2.39. The van der Waals surface area contributed by atoms with E-state index >= 15 is 0 Å². The third kappa shape index (κ3) is 3.98. The van der Waals surface area contributed by atoms with Crippen LogP contribution >= 0.6 is 11.8 Å². The van der Waals surface area contributed by atoms with E-state index in [1.54, 1.807) is 18.9 Å². The van der Waals surface area contributed by atoms with E-state index in [9.17, 15) is 8.42 Å². The van der Waals surface area contributed by atoms with Crippen molar-refractivity contribution in [2.24, 2.45) is 4.99 Å². The lowest BCUT2D eigenvalue weighted by molar-refractivity contribution is 0.344. The molecule has 0 unspecified atom stereocenters. The molecule has 1 fully saturated rings. The standard InChI is InChI=1S/C20H22N2O4S2/c1-25-19-10-6-5-9-17(19)22-18-14-28(23,24)13-16(18)21-20(22)27-12-11-26-15-7-3-2-4-8-15/h2-10,16,18H,11-14H2,1H3/t16-,18-/m1/s1. The minimum absolute atomic E-state index is 0.105. The van der Waals surface area contributed by atoms with Crippen LogP contribution in [0.1, 0.15) is 0 Å². The van der Waals surface area contributed by atoms with E-state index in [2.05, 4.69) is 0 Å². The summed E-state index contributed by atoms with van der Waals surface area (Å²) in [7, 11) is -1.45. The van der Waals surface area contributed by atoms with E-state index in [0.717, 1.165) is 16.6 Å². The summed E-state index contributed by atoms with van der Waals surface area (Å²) in [5.41, 5.74) is 0.852. The molecule has 2 aromatic carbocycles. The fraction of sp³-hybridized carbons (Fsp3) is 0.350. The first-order valence-corrected chi connectivity index (χ1v) is 11.9. The molecule has 2 aromatic rings. The SMILES string of the molecule is COc1ccccc1N1C(SCCOc2ccccc2)=N[C@@H]2CS(=O)(=O)C[C@H]21. The van der Waals surface area contributed by atoms with Crippen molar-refractivity contribution in [2.45, 2.75) is 12.1 Å². The number of rotatable bonds is 6. The van der Waals surface area contributed by atoms with Crippen LogP contribution in [-0.2, 0) is 9.84 Å². The van der Waals surface area contributed by atoms with Crippen molar-refractivity contribution in [3.8, 4) is 11.5 Å². The summed E-state index contributed by atoms with van der Waals surface area (Å²) in [6.45, 7) is 0.543. The van der Waals surface area contributed by atoms with Gasteiger partial charge in [-0.2, -0.15) is 0 Å². The molecular formula is C20H22N2O4S2. The van der Waals surface area contributed by atoms with Crippen molar-refractivity contribution in [1.82, 2.24) is 0 Å². The van der Waals surface area contributed by atoms with Gasteiger partial charge in [0.25, 0.3) is 0 Å². The molecule has 28 heavy (non-hydrogen) atoms. The largest absolute Gasteiger partial charge is 0.495 e. The molecule has 0 bridgehead atoms. The molecule has 8 heteroatoms. The second kappa shape index (κ2) is 8.05. The molecule has 0 aliphatic carbocycles. The molecule has 0 saturated carbocycles. The maximum absolute atomic E-state index is 12.1. The minimum Gasteiger partial charge on any atom is -0.495 e. The van der Waals surface area contributed by atoms with E-state index in [0.29, 0.717) is 18.1 Å². The topological polar surface area (TPSA) is 68.2 Å². The Labute approximate surface area is 169 Å².